The van der Waals surface area contributed by atoms with Gasteiger partial charge in [-0.3, -0.25) is 0 Å². The fraction of sp³-hybridized carbons (Fsp3) is 1.00. The highest BCUT2D eigenvalue weighted by atomic mass is 16.5. The summed E-state index contributed by atoms with van der Waals surface area (Å²) >= 11 is 0. The average molecular weight is 198 g/mol. The second-order valence-electron chi connectivity index (χ2n) is 5.31. The lowest BCUT2D eigenvalue weighted by atomic mass is 9.71. The smallest absolute Gasteiger partial charge is 0.0814 e. The van der Waals surface area contributed by atoms with Gasteiger partial charge in [-0.1, -0.05) is 13.8 Å². The van der Waals surface area contributed by atoms with Gasteiger partial charge in [-0.05, 0) is 43.9 Å². The molecule has 2 aliphatic rings. The summed E-state index contributed by atoms with van der Waals surface area (Å²) in [5.41, 5.74) is 0.125. The summed E-state index contributed by atoms with van der Waals surface area (Å²) in [6, 6.07) is 0. The quantitative estimate of drug-likeness (QED) is 0.701. The van der Waals surface area contributed by atoms with Crippen molar-refractivity contribution in [2.24, 2.45) is 11.8 Å². The van der Waals surface area contributed by atoms with Crippen molar-refractivity contribution in [3.8, 4) is 0 Å². The van der Waals surface area contributed by atoms with Gasteiger partial charge in [0.15, 0.2) is 0 Å². The molecule has 0 bridgehead atoms. The van der Waals surface area contributed by atoms with Crippen molar-refractivity contribution in [2.75, 3.05) is 6.61 Å². The summed E-state index contributed by atoms with van der Waals surface area (Å²) in [6.07, 6.45) is 6.11. The summed E-state index contributed by atoms with van der Waals surface area (Å²) in [7, 11) is 0. The molecule has 4 unspecified atom stereocenters. The molecule has 1 aliphatic carbocycles. The fourth-order valence-electron chi connectivity index (χ4n) is 3.20. The van der Waals surface area contributed by atoms with E-state index in [1.54, 1.807) is 0 Å². The maximum Gasteiger partial charge on any atom is 0.0814 e. The van der Waals surface area contributed by atoms with E-state index in [4.69, 9.17) is 9.84 Å². The summed E-state index contributed by atoms with van der Waals surface area (Å²) in [5, 5.41) is 9.09. The monoisotopic (exact) mass is 198 g/mol. The molecule has 2 heteroatoms. The first kappa shape index (κ1) is 10.4. The van der Waals surface area contributed by atoms with Crippen molar-refractivity contribution >= 4 is 0 Å². The number of aliphatic hydroxyl groups excluding tert-OH is 1. The van der Waals surface area contributed by atoms with E-state index in [0.29, 0.717) is 5.92 Å². The Kier molecular flexibility index (Phi) is 2.85. The molecule has 82 valence electrons. The highest BCUT2D eigenvalue weighted by Gasteiger charge is 2.46. The van der Waals surface area contributed by atoms with Gasteiger partial charge < -0.3 is 9.84 Å². The van der Waals surface area contributed by atoms with Gasteiger partial charge in [0.2, 0.25) is 0 Å². The molecular formula is C12H22O2. The first-order valence-corrected chi connectivity index (χ1v) is 5.95. The van der Waals surface area contributed by atoms with Crippen LogP contribution in [-0.4, -0.2) is 23.4 Å². The molecule has 1 saturated carbocycles. The van der Waals surface area contributed by atoms with Gasteiger partial charge >= 0.3 is 0 Å². The highest BCUT2D eigenvalue weighted by molar-refractivity contribution is 4.96. The topological polar surface area (TPSA) is 29.5 Å². The molecule has 1 aliphatic heterocycles. The predicted octanol–water partition coefficient (Wildman–Crippen LogP) is 2.35. The molecule has 2 fully saturated rings. The van der Waals surface area contributed by atoms with Crippen LogP contribution in [0.5, 0.6) is 0 Å². The van der Waals surface area contributed by atoms with Crippen LogP contribution in [0.3, 0.4) is 0 Å². The second-order valence-corrected chi connectivity index (χ2v) is 5.31. The van der Waals surface area contributed by atoms with Gasteiger partial charge in [0, 0.05) is 0 Å². The van der Waals surface area contributed by atoms with Gasteiger partial charge in [-0.25, -0.2) is 0 Å². The van der Waals surface area contributed by atoms with Crippen LogP contribution < -0.4 is 0 Å². The zero-order valence-corrected chi connectivity index (χ0v) is 9.33. The molecule has 2 rings (SSSR count). The molecule has 1 saturated heterocycles. The SMILES string of the molecule is CC1CCC2(CCC(CO)O2)C(C)C1. The molecule has 2 nitrogen and oxygen atoms in total. The zero-order chi connectivity index (χ0) is 10.2. The number of ether oxygens (including phenoxy) is 1. The minimum absolute atomic E-state index is 0.117. The fourth-order valence-corrected chi connectivity index (χ4v) is 3.20. The normalized spacial score (nSPS) is 48.6. The Balaban J connectivity index is 2.02. The summed E-state index contributed by atoms with van der Waals surface area (Å²) in [6.45, 7) is 4.85. The van der Waals surface area contributed by atoms with Crippen molar-refractivity contribution in [3.05, 3.63) is 0 Å². The molecule has 0 radical (unpaired) electrons. The molecule has 14 heavy (non-hydrogen) atoms. The minimum atomic E-state index is 0.117. The number of rotatable bonds is 1. The lowest BCUT2D eigenvalue weighted by molar-refractivity contribution is -0.113. The first-order chi connectivity index (χ1) is 6.66. The van der Waals surface area contributed by atoms with Crippen molar-refractivity contribution in [1.29, 1.82) is 0 Å². The Morgan fingerprint density at radius 2 is 2.00 bits per heavy atom. The van der Waals surface area contributed by atoms with E-state index in [1.165, 1.54) is 19.3 Å². The van der Waals surface area contributed by atoms with Crippen molar-refractivity contribution in [3.63, 3.8) is 0 Å². The summed E-state index contributed by atoms with van der Waals surface area (Å²) in [4.78, 5) is 0. The third-order valence-corrected chi connectivity index (χ3v) is 4.21. The van der Waals surface area contributed by atoms with Crippen LogP contribution in [0.25, 0.3) is 0 Å². The highest BCUT2D eigenvalue weighted by Crippen LogP contribution is 2.46. The first-order valence-electron chi connectivity index (χ1n) is 5.95. The van der Waals surface area contributed by atoms with E-state index in [9.17, 15) is 0 Å². The largest absolute Gasteiger partial charge is 0.394 e. The lowest BCUT2D eigenvalue weighted by Crippen LogP contribution is -2.41. The van der Waals surface area contributed by atoms with Crippen LogP contribution in [0.1, 0.15) is 46.0 Å². The summed E-state index contributed by atoms with van der Waals surface area (Å²) in [5.74, 6) is 1.52. The van der Waals surface area contributed by atoms with Crippen molar-refractivity contribution < 1.29 is 9.84 Å². The number of hydrogen-bond donors (Lipinski definition) is 1. The summed E-state index contributed by atoms with van der Waals surface area (Å²) < 4.78 is 6.05. The number of aliphatic hydroxyl groups is 1. The molecule has 1 N–H and O–H groups in total. The third-order valence-electron chi connectivity index (χ3n) is 4.21. The molecular weight excluding hydrogens is 176 g/mol. The van der Waals surface area contributed by atoms with Crippen LogP contribution in [-0.2, 0) is 4.74 Å². The van der Waals surface area contributed by atoms with Crippen LogP contribution in [0, 0.1) is 11.8 Å². The molecule has 1 heterocycles. The standard InChI is InChI=1S/C12H22O2/c1-9-3-5-12(10(2)7-9)6-4-11(8-13)14-12/h9-11,13H,3-8H2,1-2H3. The minimum Gasteiger partial charge on any atom is -0.394 e. The zero-order valence-electron chi connectivity index (χ0n) is 9.33. The van der Waals surface area contributed by atoms with E-state index in [0.717, 1.165) is 18.8 Å². The maximum absolute atomic E-state index is 9.09. The van der Waals surface area contributed by atoms with Gasteiger partial charge in [0.05, 0.1) is 18.3 Å². The number of hydrogen-bond acceptors (Lipinski definition) is 2. The Hall–Kier alpha value is -0.0800. The van der Waals surface area contributed by atoms with Gasteiger partial charge in [-0.2, -0.15) is 0 Å². The molecule has 0 amide bonds. The van der Waals surface area contributed by atoms with Crippen molar-refractivity contribution in [2.45, 2.75) is 57.7 Å². The van der Waals surface area contributed by atoms with E-state index in [1.807, 2.05) is 0 Å². The van der Waals surface area contributed by atoms with Gasteiger partial charge in [-0.15, -0.1) is 0 Å². The Morgan fingerprint density at radius 3 is 2.57 bits per heavy atom. The Labute approximate surface area is 86.6 Å². The van der Waals surface area contributed by atoms with E-state index in [-0.39, 0.29) is 18.3 Å². The van der Waals surface area contributed by atoms with Crippen LogP contribution in [0.4, 0.5) is 0 Å². The molecule has 0 aromatic heterocycles. The third kappa shape index (κ3) is 1.70. The molecule has 1 spiro atoms. The van der Waals surface area contributed by atoms with E-state index >= 15 is 0 Å². The second kappa shape index (κ2) is 3.82. The predicted molar refractivity (Wildman–Crippen MR) is 56.1 cm³/mol. The van der Waals surface area contributed by atoms with Crippen LogP contribution >= 0.6 is 0 Å². The molecule has 0 aromatic rings. The van der Waals surface area contributed by atoms with Crippen molar-refractivity contribution in [1.82, 2.24) is 0 Å². The Morgan fingerprint density at radius 1 is 1.29 bits per heavy atom. The molecule has 0 aromatic carbocycles. The van der Waals surface area contributed by atoms with E-state index < -0.39 is 0 Å². The maximum atomic E-state index is 9.09. The van der Waals surface area contributed by atoms with Gasteiger partial charge in [0.1, 0.15) is 0 Å². The molecule has 4 atom stereocenters. The van der Waals surface area contributed by atoms with Crippen LogP contribution in [0.15, 0.2) is 0 Å². The van der Waals surface area contributed by atoms with Gasteiger partial charge in [0.25, 0.3) is 0 Å². The van der Waals surface area contributed by atoms with Crippen LogP contribution in [0.2, 0.25) is 0 Å². The lowest BCUT2D eigenvalue weighted by Gasteiger charge is -2.41. The van der Waals surface area contributed by atoms with E-state index in [2.05, 4.69) is 13.8 Å². The Bertz CT molecular complexity index is 204. The average Bonchev–Trinajstić information content (AvgIpc) is 2.58.